The lowest BCUT2D eigenvalue weighted by Crippen LogP contribution is -2.32. The number of carbonyl (C=O) groups is 4. The second-order valence-corrected chi connectivity index (χ2v) is 7.57. The first-order valence-corrected chi connectivity index (χ1v) is 10.7. The van der Waals surface area contributed by atoms with Crippen LogP contribution in [0, 0.1) is 10.1 Å². The van der Waals surface area contributed by atoms with Crippen molar-refractivity contribution in [2.45, 2.75) is 13.8 Å². The summed E-state index contributed by atoms with van der Waals surface area (Å²) >= 11 is 0. The van der Waals surface area contributed by atoms with Gasteiger partial charge in [0.1, 0.15) is 5.75 Å². The standard InChI is InChI=1S/C25H21N5O7/c1-15(28-29-24(33)23(32)27-20-9-7-19(8-10-20)26-16(2)31)17-5-13-22(14-6-17)37-25(34)18-3-11-21(12-4-18)30(35)36/h3-14H,1-2H3,(H,26,31)(H,27,32)(H,29,33)/b28-15+. The molecule has 188 valence electrons. The van der Waals surface area contributed by atoms with Crippen LogP contribution in [-0.4, -0.2) is 34.3 Å². The van der Waals surface area contributed by atoms with Crippen LogP contribution < -0.4 is 20.8 Å². The fourth-order valence-electron chi connectivity index (χ4n) is 2.93. The van der Waals surface area contributed by atoms with Crippen LogP contribution in [0.2, 0.25) is 0 Å². The van der Waals surface area contributed by atoms with Gasteiger partial charge in [0.2, 0.25) is 5.91 Å². The van der Waals surface area contributed by atoms with E-state index in [1.165, 1.54) is 55.5 Å². The summed E-state index contributed by atoms with van der Waals surface area (Å²) in [7, 11) is 0. The van der Waals surface area contributed by atoms with Crippen molar-refractivity contribution in [3.05, 3.63) is 94.0 Å². The molecule has 3 aromatic carbocycles. The minimum atomic E-state index is -0.987. The number of non-ortho nitro benzene ring substituents is 1. The maximum Gasteiger partial charge on any atom is 0.343 e. The fourth-order valence-corrected chi connectivity index (χ4v) is 2.93. The zero-order chi connectivity index (χ0) is 26.9. The molecular formula is C25H21N5O7. The van der Waals surface area contributed by atoms with E-state index in [0.717, 1.165) is 0 Å². The summed E-state index contributed by atoms with van der Waals surface area (Å²) in [5, 5.41) is 19.6. The molecule has 0 aliphatic rings. The van der Waals surface area contributed by atoms with E-state index in [2.05, 4.69) is 21.2 Å². The largest absolute Gasteiger partial charge is 0.423 e. The highest BCUT2D eigenvalue weighted by atomic mass is 16.6. The van der Waals surface area contributed by atoms with Gasteiger partial charge in [-0.15, -0.1) is 0 Å². The van der Waals surface area contributed by atoms with E-state index in [-0.39, 0.29) is 22.9 Å². The third-order valence-electron chi connectivity index (χ3n) is 4.79. The molecule has 0 radical (unpaired) electrons. The van der Waals surface area contributed by atoms with Gasteiger partial charge in [-0.3, -0.25) is 24.5 Å². The van der Waals surface area contributed by atoms with Crippen molar-refractivity contribution in [1.82, 2.24) is 5.43 Å². The Hall–Kier alpha value is -5.39. The quantitative estimate of drug-likeness (QED) is 0.111. The molecule has 0 atom stereocenters. The molecule has 3 aromatic rings. The van der Waals surface area contributed by atoms with E-state index in [1.54, 1.807) is 31.2 Å². The Kier molecular flexibility index (Phi) is 8.39. The number of carbonyl (C=O) groups excluding carboxylic acids is 4. The first kappa shape index (κ1) is 26.2. The molecule has 0 saturated heterocycles. The van der Waals surface area contributed by atoms with Crippen molar-refractivity contribution in [3.63, 3.8) is 0 Å². The van der Waals surface area contributed by atoms with E-state index in [1.807, 2.05) is 0 Å². The van der Waals surface area contributed by atoms with Gasteiger partial charge in [0.05, 0.1) is 16.2 Å². The summed E-state index contributed by atoms with van der Waals surface area (Å²) in [6.45, 7) is 2.98. The van der Waals surface area contributed by atoms with Gasteiger partial charge in [-0.1, -0.05) is 0 Å². The highest BCUT2D eigenvalue weighted by Crippen LogP contribution is 2.17. The second-order valence-electron chi connectivity index (χ2n) is 7.57. The normalized spacial score (nSPS) is 10.7. The minimum absolute atomic E-state index is 0.141. The Bertz CT molecular complexity index is 1370. The van der Waals surface area contributed by atoms with Crippen LogP contribution in [0.25, 0.3) is 0 Å². The molecule has 3 amide bonds. The number of anilines is 2. The summed E-state index contributed by atoms with van der Waals surface area (Å²) < 4.78 is 5.26. The van der Waals surface area contributed by atoms with Crippen molar-refractivity contribution >= 4 is 46.5 Å². The predicted octanol–water partition coefficient (Wildman–Crippen LogP) is 3.25. The molecule has 0 fully saturated rings. The second kappa shape index (κ2) is 11.8. The molecule has 37 heavy (non-hydrogen) atoms. The van der Waals surface area contributed by atoms with Gasteiger partial charge in [-0.25, -0.2) is 10.2 Å². The van der Waals surface area contributed by atoms with E-state index < -0.39 is 22.7 Å². The number of rotatable bonds is 7. The van der Waals surface area contributed by atoms with Gasteiger partial charge in [-0.2, -0.15) is 5.10 Å². The lowest BCUT2D eigenvalue weighted by molar-refractivity contribution is -0.384. The average molecular weight is 503 g/mol. The Balaban J connectivity index is 1.53. The number of nitrogens with zero attached hydrogens (tertiary/aromatic N) is 2. The van der Waals surface area contributed by atoms with E-state index in [9.17, 15) is 29.3 Å². The highest BCUT2D eigenvalue weighted by molar-refractivity contribution is 6.39. The molecule has 3 rings (SSSR count). The van der Waals surface area contributed by atoms with Crippen LogP contribution >= 0.6 is 0 Å². The topological polar surface area (TPSA) is 169 Å². The maximum atomic E-state index is 12.2. The predicted molar refractivity (Wildman–Crippen MR) is 134 cm³/mol. The summed E-state index contributed by atoms with van der Waals surface area (Å²) in [5.74, 6) is -2.61. The van der Waals surface area contributed by atoms with Crippen LogP contribution in [0.15, 0.2) is 77.9 Å². The molecule has 0 heterocycles. The first-order chi connectivity index (χ1) is 17.6. The first-order valence-electron chi connectivity index (χ1n) is 10.7. The Morgan fingerprint density at radius 2 is 1.30 bits per heavy atom. The average Bonchev–Trinajstić information content (AvgIpc) is 2.88. The number of nitrogens with one attached hydrogen (secondary N) is 3. The lowest BCUT2D eigenvalue weighted by Gasteiger charge is -2.07. The van der Waals surface area contributed by atoms with Crippen LogP contribution in [0.4, 0.5) is 17.1 Å². The molecule has 0 saturated carbocycles. The molecule has 12 heteroatoms. The molecule has 0 bridgehead atoms. The van der Waals surface area contributed by atoms with Gasteiger partial charge in [0, 0.05) is 30.4 Å². The fraction of sp³-hybridized carbons (Fsp3) is 0.0800. The minimum Gasteiger partial charge on any atom is -0.423 e. The number of nitro groups is 1. The summed E-state index contributed by atoms with van der Waals surface area (Å²) in [6, 6.07) is 17.4. The number of esters is 1. The van der Waals surface area contributed by atoms with Crippen LogP contribution in [0.3, 0.4) is 0 Å². The van der Waals surface area contributed by atoms with E-state index >= 15 is 0 Å². The molecule has 0 aliphatic heterocycles. The van der Waals surface area contributed by atoms with Gasteiger partial charge in [0.15, 0.2) is 0 Å². The number of hydrazone groups is 1. The highest BCUT2D eigenvalue weighted by Gasteiger charge is 2.14. The third kappa shape index (κ3) is 7.55. The number of amides is 3. The van der Waals surface area contributed by atoms with Crippen molar-refractivity contribution < 1.29 is 28.8 Å². The summed E-state index contributed by atoms with van der Waals surface area (Å²) in [5.41, 5.74) is 4.04. The van der Waals surface area contributed by atoms with Gasteiger partial charge < -0.3 is 15.4 Å². The number of benzene rings is 3. The zero-order valence-electron chi connectivity index (χ0n) is 19.7. The van der Waals surface area contributed by atoms with Crippen molar-refractivity contribution in [3.8, 4) is 5.75 Å². The van der Waals surface area contributed by atoms with E-state index in [0.29, 0.717) is 22.6 Å². The molecule has 0 aromatic heterocycles. The molecule has 0 spiro atoms. The maximum absolute atomic E-state index is 12.2. The summed E-state index contributed by atoms with van der Waals surface area (Å²) in [6.07, 6.45) is 0. The summed E-state index contributed by atoms with van der Waals surface area (Å²) in [4.78, 5) is 57.6. The van der Waals surface area contributed by atoms with Crippen LogP contribution in [-0.2, 0) is 14.4 Å². The third-order valence-corrected chi connectivity index (χ3v) is 4.79. The van der Waals surface area contributed by atoms with Gasteiger partial charge in [-0.05, 0) is 73.2 Å². The van der Waals surface area contributed by atoms with Gasteiger partial charge in [0.25, 0.3) is 5.69 Å². The Morgan fingerprint density at radius 3 is 1.84 bits per heavy atom. The van der Waals surface area contributed by atoms with Crippen LogP contribution in [0.1, 0.15) is 29.8 Å². The lowest BCUT2D eigenvalue weighted by atomic mass is 10.1. The molecule has 12 nitrogen and oxygen atoms in total. The SMILES string of the molecule is CC(=O)Nc1ccc(NC(=O)C(=O)N/N=C(\C)c2ccc(OC(=O)c3ccc([N+](=O)[O-])cc3)cc2)cc1. The molecule has 3 N–H and O–H groups in total. The molecular weight excluding hydrogens is 482 g/mol. The number of hydrogen-bond acceptors (Lipinski definition) is 8. The van der Waals surface area contributed by atoms with Gasteiger partial charge >= 0.3 is 17.8 Å². The number of ether oxygens (including phenoxy) is 1. The monoisotopic (exact) mass is 503 g/mol. The zero-order valence-corrected chi connectivity index (χ0v) is 19.7. The Morgan fingerprint density at radius 1 is 0.757 bits per heavy atom. The number of nitro benzene ring substituents is 1. The van der Waals surface area contributed by atoms with Crippen molar-refractivity contribution in [2.75, 3.05) is 10.6 Å². The van der Waals surface area contributed by atoms with Crippen LogP contribution in [0.5, 0.6) is 5.75 Å². The van der Waals surface area contributed by atoms with Crippen molar-refractivity contribution in [2.24, 2.45) is 5.10 Å². The number of hydrogen-bond donors (Lipinski definition) is 3. The Labute approximate surface area is 210 Å². The molecule has 0 unspecified atom stereocenters. The smallest absolute Gasteiger partial charge is 0.343 e. The van der Waals surface area contributed by atoms with Crippen molar-refractivity contribution in [1.29, 1.82) is 0 Å². The molecule has 0 aliphatic carbocycles. The van der Waals surface area contributed by atoms with E-state index in [4.69, 9.17) is 4.74 Å².